The van der Waals surface area contributed by atoms with E-state index in [4.69, 9.17) is 21.7 Å². The first-order valence-corrected chi connectivity index (χ1v) is 9.85. The Morgan fingerprint density at radius 3 is 2.46 bits per heavy atom. The van der Waals surface area contributed by atoms with Crippen LogP contribution in [-0.4, -0.2) is 74.6 Å². The first-order valence-electron chi connectivity index (χ1n) is 9.44. The van der Waals surface area contributed by atoms with Crippen molar-refractivity contribution in [3.63, 3.8) is 0 Å². The number of methoxy groups -OCH3 is 1. The zero-order valence-electron chi connectivity index (χ0n) is 16.2. The number of nitrogens with zero attached hydrogens (tertiary/aromatic N) is 3. The Morgan fingerprint density at radius 1 is 1.21 bits per heavy atom. The molecule has 2 aliphatic rings. The summed E-state index contributed by atoms with van der Waals surface area (Å²) < 4.78 is 10.2. The zero-order valence-corrected chi connectivity index (χ0v) is 17.0. The van der Waals surface area contributed by atoms with Gasteiger partial charge in [-0.15, -0.1) is 0 Å². The average Bonchev–Trinajstić information content (AvgIpc) is 3.12. The molecule has 2 amide bonds. The molecule has 0 bridgehead atoms. The van der Waals surface area contributed by atoms with Crippen molar-refractivity contribution in [2.24, 2.45) is 0 Å². The van der Waals surface area contributed by atoms with E-state index in [1.54, 1.807) is 9.80 Å². The number of carbonyl (C=O) groups is 2. The van der Waals surface area contributed by atoms with E-state index in [1.807, 2.05) is 31.2 Å². The third kappa shape index (κ3) is 4.64. The van der Waals surface area contributed by atoms with Crippen LogP contribution < -0.4 is 15.1 Å². The second-order valence-electron chi connectivity index (χ2n) is 6.73. The van der Waals surface area contributed by atoms with Crippen molar-refractivity contribution in [2.45, 2.75) is 19.4 Å². The van der Waals surface area contributed by atoms with Crippen LogP contribution in [0.3, 0.4) is 0 Å². The fourth-order valence-electron chi connectivity index (χ4n) is 3.31. The van der Waals surface area contributed by atoms with Gasteiger partial charge in [-0.3, -0.25) is 4.90 Å². The summed E-state index contributed by atoms with van der Waals surface area (Å²) >= 11 is 5.15. The number of nitrogens with one attached hydrogen (secondary N) is 1. The Hall–Kier alpha value is -2.55. The molecule has 0 spiro atoms. The monoisotopic (exact) mass is 406 g/mol. The van der Waals surface area contributed by atoms with Crippen molar-refractivity contribution in [1.29, 1.82) is 0 Å². The third-order valence-corrected chi connectivity index (χ3v) is 5.39. The molecule has 1 aromatic rings. The molecule has 8 nitrogen and oxygen atoms in total. The lowest BCUT2D eigenvalue weighted by atomic mass is 10.2. The van der Waals surface area contributed by atoms with E-state index in [0.717, 1.165) is 35.9 Å². The van der Waals surface area contributed by atoms with Gasteiger partial charge in [-0.25, -0.2) is 9.59 Å². The molecule has 1 unspecified atom stereocenters. The maximum atomic E-state index is 12.2. The number of benzene rings is 1. The number of ether oxygens (including phenoxy) is 2. The van der Waals surface area contributed by atoms with Crippen LogP contribution in [0.15, 0.2) is 24.3 Å². The van der Waals surface area contributed by atoms with Crippen LogP contribution in [0, 0.1) is 0 Å². The maximum Gasteiger partial charge on any atom is 0.414 e. The van der Waals surface area contributed by atoms with Gasteiger partial charge in [0.2, 0.25) is 0 Å². The number of piperazine rings is 1. The predicted molar refractivity (Wildman–Crippen MR) is 111 cm³/mol. The van der Waals surface area contributed by atoms with E-state index in [-0.39, 0.29) is 18.3 Å². The summed E-state index contributed by atoms with van der Waals surface area (Å²) in [4.78, 5) is 30.1. The summed E-state index contributed by atoms with van der Waals surface area (Å²) in [5, 5.41) is 3.12. The quantitative estimate of drug-likeness (QED) is 0.752. The molecule has 2 aliphatic heterocycles. The Morgan fingerprint density at radius 2 is 1.86 bits per heavy atom. The van der Waals surface area contributed by atoms with Gasteiger partial charge in [0.25, 0.3) is 0 Å². The van der Waals surface area contributed by atoms with Crippen LogP contribution in [0.2, 0.25) is 0 Å². The van der Waals surface area contributed by atoms with Crippen molar-refractivity contribution < 1.29 is 19.1 Å². The standard InChI is InChI=1S/C19H26N4O4S/c1-3-17(28)20-12-16-13-23(19(25)27-16)15-6-4-14(5-7-15)21-8-10-22(11-9-21)18(24)26-2/h4-7,16H,3,8-13H2,1-2H3,(H,20,28). The first kappa shape index (κ1) is 20.2. The van der Waals surface area contributed by atoms with Crippen molar-refractivity contribution in [1.82, 2.24) is 10.2 Å². The summed E-state index contributed by atoms with van der Waals surface area (Å²) in [6.45, 7) is 5.74. The smallest absolute Gasteiger partial charge is 0.414 e. The SMILES string of the molecule is CCC(=S)NCC1CN(c2ccc(N3CCN(C(=O)OC)CC3)cc2)C(=O)O1. The van der Waals surface area contributed by atoms with Gasteiger partial charge in [-0.1, -0.05) is 19.1 Å². The Kier molecular flexibility index (Phi) is 6.56. The summed E-state index contributed by atoms with van der Waals surface area (Å²) in [5.41, 5.74) is 1.87. The second kappa shape index (κ2) is 9.09. The van der Waals surface area contributed by atoms with Crippen LogP contribution in [-0.2, 0) is 9.47 Å². The van der Waals surface area contributed by atoms with Gasteiger partial charge in [0.1, 0.15) is 6.10 Å². The molecule has 0 aliphatic carbocycles. The zero-order chi connectivity index (χ0) is 20.1. The molecule has 0 radical (unpaired) electrons. The highest BCUT2D eigenvalue weighted by Gasteiger charge is 2.32. The molecule has 9 heteroatoms. The molecule has 3 rings (SSSR count). The lowest BCUT2D eigenvalue weighted by Crippen LogP contribution is -2.48. The van der Waals surface area contributed by atoms with Crippen LogP contribution in [0.4, 0.5) is 21.0 Å². The number of carbonyl (C=O) groups excluding carboxylic acids is 2. The summed E-state index contributed by atoms with van der Waals surface area (Å²) in [5.74, 6) is 0. The van der Waals surface area contributed by atoms with Crippen LogP contribution >= 0.6 is 12.2 Å². The molecule has 0 aromatic heterocycles. The number of rotatable bonds is 5. The van der Waals surface area contributed by atoms with Crippen molar-refractivity contribution in [3.05, 3.63) is 24.3 Å². The molecule has 2 fully saturated rings. The average molecular weight is 407 g/mol. The Bertz CT molecular complexity index is 719. The summed E-state index contributed by atoms with van der Waals surface area (Å²) in [6, 6.07) is 7.84. The van der Waals surface area contributed by atoms with Crippen molar-refractivity contribution in [2.75, 3.05) is 56.2 Å². The number of hydrogen-bond acceptors (Lipinski definition) is 6. The van der Waals surface area contributed by atoms with Crippen LogP contribution in [0.5, 0.6) is 0 Å². The normalized spacial score (nSPS) is 19.4. The minimum absolute atomic E-state index is 0.219. The van der Waals surface area contributed by atoms with Crippen molar-refractivity contribution >= 4 is 40.8 Å². The third-order valence-electron chi connectivity index (χ3n) is 4.96. The summed E-state index contributed by atoms with van der Waals surface area (Å²) in [7, 11) is 1.40. The number of anilines is 2. The fraction of sp³-hybridized carbons (Fsp3) is 0.526. The molecule has 1 N–H and O–H groups in total. The number of hydrogen-bond donors (Lipinski definition) is 1. The lowest BCUT2D eigenvalue weighted by molar-refractivity contribution is 0.121. The van der Waals surface area contributed by atoms with Gasteiger partial charge >= 0.3 is 12.2 Å². The van der Waals surface area contributed by atoms with Crippen LogP contribution in [0.25, 0.3) is 0 Å². The van der Waals surface area contributed by atoms with E-state index in [2.05, 4.69) is 10.2 Å². The minimum atomic E-state index is -0.339. The van der Waals surface area contributed by atoms with E-state index < -0.39 is 0 Å². The van der Waals surface area contributed by atoms with E-state index in [1.165, 1.54) is 7.11 Å². The van der Waals surface area contributed by atoms with E-state index in [0.29, 0.717) is 26.2 Å². The highest BCUT2D eigenvalue weighted by molar-refractivity contribution is 7.80. The Balaban J connectivity index is 1.55. The highest BCUT2D eigenvalue weighted by atomic mass is 32.1. The second-order valence-corrected chi connectivity index (χ2v) is 7.23. The van der Waals surface area contributed by atoms with Crippen molar-refractivity contribution in [3.8, 4) is 0 Å². The molecular formula is C19H26N4O4S. The van der Waals surface area contributed by atoms with Gasteiger partial charge in [0.05, 0.1) is 25.2 Å². The highest BCUT2D eigenvalue weighted by Crippen LogP contribution is 2.25. The molecule has 0 saturated carbocycles. The van der Waals surface area contributed by atoms with E-state index >= 15 is 0 Å². The number of amides is 2. The van der Waals surface area contributed by atoms with Gasteiger partial charge in [0, 0.05) is 37.6 Å². The molecule has 152 valence electrons. The molecule has 28 heavy (non-hydrogen) atoms. The number of cyclic esters (lactones) is 1. The molecule has 2 heterocycles. The number of thiocarbonyl (C=S) groups is 1. The Labute approximate surface area is 170 Å². The predicted octanol–water partition coefficient (Wildman–Crippen LogP) is 2.23. The topological polar surface area (TPSA) is 74.4 Å². The fourth-order valence-corrected chi connectivity index (χ4v) is 3.39. The summed E-state index contributed by atoms with van der Waals surface area (Å²) in [6.07, 6.45) is -0.0715. The van der Waals surface area contributed by atoms with Gasteiger partial charge in [-0.05, 0) is 30.7 Å². The first-order chi connectivity index (χ1) is 13.5. The molecule has 2 saturated heterocycles. The maximum absolute atomic E-state index is 12.2. The largest absolute Gasteiger partial charge is 0.453 e. The lowest BCUT2D eigenvalue weighted by Gasteiger charge is -2.35. The molecule has 1 atom stereocenters. The molecule has 1 aromatic carbocycles. The van der Waals surface area contributed by atoms with Crippen LogP contribution in [0.1, 0.15) is 13.3 Å². The minimum Gasteiger partial charge on any atom is -0.453 e. The molecular weight excluding hydrogens is 380 g/mol. The van der Waals surface area contributed by atoms with Gasteiger partial charge in [-0.2, -0.15) is 0 Å². The van der Waals surface area contributed by atoms with E-state index in [9.17, 15) is 9.59 Å². The van der Waals surface area contributed by atoms with Gasteiger partial charge < -0.3 is 24.6 Å². The van der Waals surface area contributed by atoms with Gasteiger partial charge in [0.15, 0.2) is 0 Å².